The van der Waals surface area contributed by atoms with E-state index in [0.717, 1.165) is 5.56 Å². The van der Waals surface area contributed by atoms with Gasteiger partial charge in [0.15, 0.2) is 5.82 Å². The predicted molar refractivity (Wildman–Crippen MR) is 96.5 cm³/mol. The molecule has 0 saturated carbocycles. The van der Waals surface area contributed by atoms with Crippen LogP contribution < -0.4 is 11.1 Å². The first-order valence-electron chi connectivity index (χ1n) is 7.74. The number of pyridine rings is 1. The number of hydrogen-bond donors (Lipinski definition) is 3. The fraction of sp³-hybridized carbons (Fsp3) is 0.118. The van der Waals surface area contributed by atoms with Crippen molar-refractivity contribution in [3.8, 4) is 11.4 Å². The Morgan fingerprint density at radius 2 is 1.92 bits per heavy atom. The number of benzene rings is 1. The van der Waals surface area contributed by atoms with Crippen LogP contribution in [0.25, 0.3) is 11.4 Å². The summed E-state index contributed by atoms with van der Waals surface area (Å²) >= 11 is 5.83. The number of aryl methyl sites for hydroxylation is 1. The van der Waals surface area contributed by atoms with Gasteiger partial charge in [-0.05, 0) is 30.2 Å². The van der Waals surface area contributed by atoms with Crippen LogP contribution in [-0.2, 0) is 11.2 Å². The minimum Gasteiger partial charge on any atom is -0.366 e. The number of nitrogens with two attached hydrogens (primary N) is 1. The number of anilines is 1. The maximum atomic E-state index is 12.1. The fourth-order valence-electron chi connectivity index (χ4n) is 2.34. The van der Waals surface area contributed by atoms with Crippen LogP contribution in [0.1, 0.15) is 22.3 Å². The first kappa shape index (κ1) is 17.6. The van der Waals surface area contributed by atoms with Gasteiger partial charge in [0.1, 0.15) is 0 Å². The number of amides is 2. The highest BCUT2D eigenvalue weighted by molar-refractivity contribution is 6.30. The van der Waals surface area contributed by atoms with Crippen molar-refractivity contribution in [2.75, 3.05) is 5.32 Å². The molecule has 2 amide bonds. The van der Waals surface area contributed by atoms with Crippen LogP contribution in [0.5, 0.6) is 0 Å². The second-order valence-corrected chi connectivity index (χ2v) is 5.92. The zero-order valence-corrected chi connectivity index (χ0v) is 14.3. The molecule has 0 spiro atoms. The van der Waals surface area contributed by atoms with Crippen molar-refractivity contribution in [1.29, 1.82) is 0 Å². The summed E-state index contributed by atoms with van der Waals surface area (Å²) in [6.07, 6.45) is 3.71. The maximum Gasteiger partial charge on any atom is 0.251 e. The summed E-state index contributed by atoms with van der Waals surface area (Å²) in [5.74, 6) is -0.340. The van der Waals surface area contributed by atoms with Crippen LogP contribution in [0.4, 0.5) is 5.95 Å². The van der Waals surface area contributed by atoms with Gasteiger partial charge in [-0.25, -0.2) is 0 Å². The third-order valence-corrected chi connectivity index (χ3v) is 3.89. The van der Waals surface area contributed by atoms with Gasteiger partial charge in [0.05, 0.1) is 5.56 Å². The van der Waals surface area contributed by atoms with E-state index in [1.54, 1.807) is 18.2 Å². The minimum atomic E-state index is -0.627. The molecule has 0 atom stereocenters. The summed E-state index contributed by atoms with van der Waals surface area (Å²) in [5.41, 5.74) is 7.00. The molecule has 0 fully saturated rings. The van der Waals surface area contributed by atoms with E-state index in [1.807, 2.05) is 12.1 Å². The topological polar surface area (TPSA) is 127 Å². The summed E-state index contributed by atoms with van der Waals surface area (Å²) in [5, 5.41) is 11.1. The maximum absolute atomic E-state index is 12.1. The summed E-state index contributed by atoms with van der Waals surface area (Å²) in [4.78, 5) is 30.2. The van der Waals surface area contributed by atoms with Gasteiger partial charge in [0, 0.05) is 29.4 Å². The smallest absolute Gasteiger partial charge is 0.251 e. The van der Waals surface area contributed by atoms with E-state index < -0.39 is 5.91 Å². The van der Waals surface area contributed by atoms with Crippen molar-refractivity contribution in [3.05, 3.63) is 58.9 Å². The van der Waals surface area contributed by atoms with E-state index in [0.29, 0.717) is 22.8 Å². The van der Waals surface area contributed by atoms with Gasteiger partial charge in [-0.3, -0.25) is 19.9 Å². The molecule has 0 bridgehead atoms. The number of aromatic nitrogens is 4. The van der Waals surface area contributed by atoms with E-state index >= 15 is 0 Å². The quantitative estimate of drug-likeness (QED) is 0.613. The largest absolute Gasteiger partial charge is 0.366 e. The third-order valence-electron chi connectivity index (χ3n) is 3.64. The van der Waals surface area contributed by atoms with Crippen LogP contribution >= 0.6 is 11.6 Å². The van der Waals surface area contributed by atoms with Crippen molar-refractivity contribution in [2.45, 2.75) is 12.8 Å². The number of nitrogens with zero attached hydrogens (tertiary/aromatic N) is 3. The molecule has 26 heavy (non-hydrogen) atoms. The standard InChI is InChI=1S/C17H15ClN6O2/c18-11-4-1-10(2-5-11)3-6-14(25)21-17-22-16(23-24-17)12-7-8-20-9-13(12)15(19)26/h1-2,4-5,7-9H,3,6H2,(H2,19,26)(H2,21,22,23,24,25). The lowest BCUT2D eigenvalue weighted by atomic mass is 10.1. The second kappa shape index (κ2) is 7.75. The van der Waals surface area contributed by atoms with Crippen molar-refractivity contribution >= 4 is 29.4 Å². The van der Waals surface area contributed by atoms with E-state index in [1.165, 1.54) is 12.4 Å². The van der Waals surface area contributed by atoms with Crippen LogP contribution in [0.3, 0.4) is 0 Å². The molecule has 132 valence electrons. The van der Waals surface area contributed by atoms with E-state index in [-0.39, 0.29) is 23.8 Å². The lowest BCUT2D eigenvalue weighted by Gasteiger charge is -2.03. The van der Waals surface area contributed by atoms with Crippen molar-refractivity contribution in [2.24, 2.45) is 5.73 Å². The third kappa shape index (κ3) is 4.22. The van der Waals surface area contributed by atoms with Crippen LogP contribution in [0.15, 0.2) is 42.7 Å². The molecule has 4 N–H and O–H groups in total. The number of carbonyl (C=O) groups excluding carboxylic acids is 2. The summed E-state index contributed by atoms with van der Waals surface area (Å²) in [6.45, 7) is 0. The number of H-pyrrole nitrogens is 1. The lowest BCUT2D eigenvalue weighted by molar-refractivity contribution is -0.116. The average Bonchev–Trinajstić information content (AvgIpc) is 3.09. The van der Waals surface area contributed by atoms with Gasteiger partial charge >= 0.3 is 0 Å². The van der Waals surface area contributed by atoms with E-state index in [2.05, 4.69) is 25.5 Å². The summed E-state index contributed by atoms with van der Waals surface area (Å²) in [6, 6.07) is 8.89. The van der Waals surface area contributed by atoms with Crippen molar-refractivity contribution < 1.29 is 9.59 Å². The first-order valence-corrected chi connectivity index (χ1v) is 8.12. The minimum absolute atomic E-state index is 0.188. The Labute approximate surface area is 153 Å². The van der Waals surface area contributed by atoms with E-state index in [4.69, 9.17) is 17.3 Å². The predicted octanol–water partition coefficient (Wildman–Crippen LogP) is 2.19. The molecule has 3 rings (SSSR count). The molecule has 0 aliphatic heterocycles. The number of hydrogen-bond acceptors (Lipinski definition) is 5. The van der Waals surface area contributed by atoms with Crippen molar-refractivity contribution in [1.82, 2.24) is 20.2 Å². The molecule has 0 aliphatic rings. The highest BCUT2D eigenvalue weighted by Crippen LogP contribution is 2.19. The zero-order chi connectivity index (χ0) is 18.5. The Hall–Kier alpha value is -3.26. The molecule has 8 nitrogen and oxygen atoms in total. The Bertz CT molecular complexity index is 938. The Morgan fingerprint density at radius 1 is 1.15 bits per heavy atom. The number of primary amides is 1. The number of aromatic amines is 1. The Balaban J connectivity index is 1.64. The number of halogens is 1. The van der Waals surface area contributed by atoms with Gasteiger partial charge in [-0.1, -0.05) is 23.7 Å². The van der Waals surface area contributed by atoms with Gasteiger partial charge in [-0.15, -0.1) is 10.2 Å². The normalized spacial score (nSPS) is 10.5. The van der Waals surface area contributed by atoms with Crippen molar-refractivity contribution in [3.63, 3.8) is 0 Å². The number of nitrogens with one attached hydrogen (secondary N) is 2. The summed E-state index contributed by atoms with van der Waals surface area (Å²) in [7, 11) is 0. The molecule has 3 aromatic rings. The number of carbonyl (C=O) groups is 2. The van der Waals surface area contributed by atoms with E-state index in [9.17, 15) is 9.59 Å². The van der Waals surface area contributed by atoms with Gasteiger partial charge in [0.25, 0.3) is 5.91 Å². The highest BCUT2D eigenvalue weighted by atomic mass is 35.5. The Morgan fingerprint density at radius 3 is 2.65 bits per heavy atom. The van der Waals surface area contributed by atoms with Crippen LogP contribution in [0, 0.1) is 0 Å². The molecule has 0 radical (unpaired) electrons. The molecular weight excluding hydrogens is 356 g/mol. The number of rotatable bonds is 6. The molecule has 0 saturated heterocycles. The zero-order valence-electron chi connectivity index (χ0n) is 13.6. The van der Waals surface area contributed by atoms with Crippen LogP contribution in [0.2, 0.25) is 5.02 Å². The summed E-state index contributed by atoms with van der Waals surface area (Å²) < 4.78 is 0. The molecule has 2 heterocycles. The molecule has 0 unspecified atom stereocenters. The molecule has 1 aromatic carbocycles. The van der Waals surface area contributed by atoms with Gasteiger partial charge < -0.3 is 10.7 Å². The monoisotopic (exact) mass is 370 g/mol. The lowest BCUT2D eigenvalue weighted by Crippen LogP contribution is -2.14. The second-order valence-electron chi connectivity index (χ2n) is 5.48. The Kier molecular flexibility index (Phi) is 5.23. The molecular formula is C17H15ClN6O2. The first-order chi connectivity index (χ1) is 12.5. The molecule has 2 aromatic heterocycles. The SMILES string of the molecule is NC(=O)c1cnccc1-c1nnc(NC(=O)CCc2ccc(Cl)cc2)[nH]1. The van der Waals surface area contributed by atoms with Gasteiger partial charge in [0.2, 0.25) is 11.9 Å². The van der Waals surface area contributed by atoms with Gasteiger partial charge in [-0.2, -0.15) is 0 Å². The van der Waals surface area contributed by atoms with Crippen LogP contribution in [-0.4, -0.2) is 32.0 Å². The fourth-order valence-corrected chi connectivity index (χ4v) is 2.47. The molecule has 0 aliphatic carbocycles. The highest BCUT2D eigenvalue weighted by Gasteiger charge is 2.14. The molecule has 9 heteroatoms. The average molecular weight is 371 g/mol.